The zero-order chi connectivity index (χ0) is 8.10. The minimum absolute atomic E-state index is 0.266. The molecule has 0 aliphatic rings. The Kier molecular flexibility index (Phi) is 3.46. The zero-order valence-electron chi connectivity index (χ0n) is 6.53. The average Bonchev–Trinajstić information content (AvgIpc) is 2.06. The lowest BCUT2D eigenvalue weighted by atomic mass is 10.2. The van der Waals surface area contributed by atoms with E-state index in [1.807, 2.05) is 36.6 Å². The van der Waals surface area contributed by atoms with Gasteiger partial charge in [0.1, 0.15) is 5.44 Å². The van der Waals surface area contributed by atoms with E-state index in [1.54, 1.807) is 0 Å². The molecule has 1 unspecified atom stereocenters. The minimum atomic E-state index is -0.266. The Bertz CT molecular complexity index is 198. The lowest BCUT2D eigenvalue weighted by molar-refractivity contribution is 0.264. The van der Waals surface area contributed by atoms with Crippen molar-refractivity contribution < 1.29 is 5.11 Å². The van der Waals surface area contributed by atoms with Gasteiger partial charge in [0.25, 0.3) is 0 Å². The molecule has 0 saturated carbocycles. The predicted octanol–water partition coefficient (Wildman–Crippen LogP) is 1.91. The van der Waals surface area contributed by atoms with Crippen molar-refractivity contribution in [3.05, 3.63) is 35.9 Å². The summed E-state index contributed by atoms with van der Waals surface area (Å²) in [7, 11) is 0. The molecule has 0 aromatic heterocycles. The van der Waals surface area contributed by atoms with Gasteiger partial charge in [-0.3, -0.25) is 0 Å². The molecule has 0 heterocycles. The molecule has 0 spiro atoms. The van der Waals surface area contributed by atoms with E-state index in [-0.39, 0.29) is 5.44 Å². The second-order valence-corrected chi connectivity index (χ2v) is 3.40. The molecule has 11 heavy (non-hydrogen) atoms. The van der Waals surface area contributed by atoms with Crippen LogP contribution in [0.15, 0.2) is 30.3 Å². The van der Waals surface area contributed by atoms with Gasteiger partial charge in [-0.1, -0.05) is 30.3 Å². The average molecular weight is 168 g/mol. The standard InChI is InChI=1S/C9H12OS/c1-11-9(10)7-8-5-3-2-4-6-8/h2-6,9-10H,7H2,1H3. The zero-order valence-corrected chi connectivity index (χ0v) is 7.34. The summed E-state index contributed by atoms with van der Waals surface area (Å²) in [4.78, 5) is 0. The number of hydrogen-bond acceptors (Lipinski definition) is 2. The van der Waals surface area contributed by atoms with Gasteiger partial charge in [-0.15, -0.1) is 11.8 Å². The van der Waals surface area contributed by atoms with Crippen molar-refractivity contribution in [2.75, 3.05) is 6.26 Å². The summed E-state index contributed by atoms with van der Waals surface area (Å²) in [5, 5.41) is 9.27. The summed E-state index contributed by atoms with van der Waals surface area (Å²) in [5.41, 5.74) is 0.923. The maximum absolute atomic E-state index is 9.27. The molecule has 0 fully saturated rings. The van der Waals surface area contributed by atoms with Gasteiger partial charge in [-0.2, -0.15) is 0 Å². The highest BCUT2D eigenvalue weighted by Crippen LogP contribution is 2.10. The highest BCUT2D eigenvalue weighted by atomic mass is 32.2. The van der Waals surface area contributed by atoms with Crippen LogP contribution in [0.4, 0.5) is 0 Å². The maximum Gasteiger partial charge on any atom is 0.103 e. The second-order valence-electron chi connectivity index (χ2n) is 2.38. The second kappa shape index (κ2) is 4.42. The Hall–Kier alpha value is -0.470. The van der Waals surface area contributed by atoms with Crippen LogP contribution < -0.4 is 0 Å². The molecule has 1 atom stereocenters. The molecular weight excluding hydrogens is 156 g/mol. The molecule has 2 heteroatoms. The van der Waals surface area contributed by atoms with Crippen LogP contribution in [0.1, 0.15) is 5.56 Å². The van der Waals surface area contributed by atoms with Crippen molar-refractivity contribution in [3.8, 4) is 0 Å². The first-order valence-electron chi connectivity index (χ1n) is 3.57. The Morgan fingerprint density at radius 1 is 1.36 bits per heavy atom. The van der Waals surface area contributed by atoms with Crippen LogP contribution in [0, 0.1) is 0 Å². The predicted molar refractivity (Wildman–Crippen MR) is 49.7 cm³/mol. The van der Waals surface area contributed by atoms with E-state index in [0.717, 1.165) is 6.42 Å². The first-order valence-corrected chi connectivity index (χ1v) is 4.86. The van der Waals surface area contributed by atoms with Crippen LogP contribution in [0.2, 0.25) is 0 Å². The summed E-state index contributed by atoms with van der Waals surface area (Å²) in [6.45, 7) is 0. The van der Waals surface area contributed by atoms with Gasteiger partial charge in [0, 0.05) is 6.42 Å². The molecule has 1 N–H and O–H groups in total. The first kappa shape index (κ1) is 8.62. The summed E-state index contributed by atoms with van der Waals surface area (Å²) in [6.07, 6.45) is 2.65. The SMILES string of the molecule is CSC(O)Cc1ccccc1. The Morgan fingerprint density at radius 2 is 2.00 bits per heavy atom. The highest BCUT2D eigenvalue weighted by Gasteiger charge is 2.00. The molecule has 0 saturated heterocycles. The van der Waals surface area contributed by atoms with Crippen molar-refractivity contribution >= 4 is 11.8 Å². The van der Waals surface area contributed by atoms with E-state index < -0.39 is 0 Å². The van der Waals surface area contributed by atoms with Crippen molar-refractivity contribution in [1.29, 1.82) is 0 Å². The number of aliphatic hydroxyl groups is 1. The highest BCUT2D eigenvalue weighted by molar-refractivity contribution is 7.99. The van der Waals surface area contributed by atoms with Gasteiger partial charge in [-0.25, -0.2) is 0 Å². The molecule has 1 aromatic carbocycles. The molecule has 0 aliphatic heterocycles. The first-order chi connectivity index (χ1) is 5.33. The van der Waals surface area contributed by atoms with Crippen molar-refractivity contribution in [3.63, 3.8) is 0 Å². The minimum Gasteiger partial charge on any atom is -0.382 e. The van der Waals surface area contributed by atoms with Crippen molar-refractivity contribution in [2.45, 2.75) is 11.9 Å². The normalized spacial score (nSPS) is 12.9. The van der Waals surface area contributed by atoms with Crippen LogP contribution in [0.3, 0.4) is 0 Å². The number of benzene rings is 1. The monoisotopic (exact) mass is 168 g/mol. The van der Waals surface area contributed by atoms with Gasteiger partial charge in [0.15, 0.2) is 0 Å². The molecule has 0 radical (unpaired) electrons. The van der Waals surface area contributed by atoms with Crippen LogP contribution in [0.25, 0.3) is 0 Å². The van der Waals surface area contributed by atoms with Crippen LogP contribution >= 0.6 is 11.8 Å². The van der Waals surface area contributed by atoms with Gasteiger partial charge >= 0.3 is 0 Å². The van der Waals surface area contributed by atoms with E-state index in [4.69, 9.17) is 0 Å². The Balaban J connectivity index is 2.51. The lowest BCUT2D eigenvalue weighted by Crippen LogP contribution is -2.03. The van der Waals surface area contributed by atoms with Crippen LogP contribution in [-0.2, 0) is 6.42 Å². The largest absolute Gasteiger partial charge is 0.382 e. The molecule has 1 rings (SSSR count). The molecule has 1 aromatic rings. The summed E-state index contributed by atoms with van der Waals surface area (Å²) in [5.74, 6) is 0. The van der Waals surface area contributed by atoms with E-state index in [2.05, 4.69) is 0 Å². The smallest absolute Gasteiger partial charge is 0.103 e. The summed E-state index contributed by atoms with van der Waals surface area (Å²) < 4.78 is 0. The Morgan fingerprint density at radius 3 is 2.55 bits per heavy atom. The fraction of sp³-hybridized carbons (Fsp3) is 0.333. The Labute approximate surface area is 71.4 Å². The number of rotatable bonds is 3. The number of hydrogen-bond donors (Lipinski definition) is 1. The third-order valence-corrected chi connectivity index (χ3v) is 2.24. The van der Waals surface area contributed by atoms with E-state index in [9.17, 15) is 5.11 Å². The molecular formula is C9H12OS. The molecule has 0 aliphatic carbocycles. The van der Waals surface area contributed by atoms with Gasteiger partial charge in [0.2, 0.25) is 0 Å². The topological polar surface area (TPSA) is 20.2 Å². The van der Waals surface area contributed by atoms with E-state index in [0.29, 0.717) is 0 Å². The van der Waals surface area contributed by atoms with Crippen LogP contribution in [0.5, 0.6) is 0 Å². The van der Waals surface area contributed by atoms with Crippen molar-refractivity contribution in [2.24, 2.45) is 0 Å². The molecule has 0 amide bonds. The third kappa shape index (κ3) is 2.95. The van der Waals surface area contributed by atoms with E-state index in [1.165, 1.54) is 17.3 Å². The quantitative estimate of drug-likeness (QED) is 0.696. The lowest BCUT2D eigenvalue weighted by Gasteiger charge is -2.05. The molecule has 60 valence electrons. The number of thioether (sulfide) groups is 1. The van der Waals surface area contributed by atoms with Crippen molar-refractivity contribution in [1.82, 2.24) is 0 Å². The fourth-order valence-corrected chi connectivity index (χ4v) is 1.26. The van der Waals surface area contributed by atoms with Gasteiger partial charge < -0.3 is 5.11 Å². The fourth-order valence-electron chi connectivity index (χ4n) is 0.899. The van der Waals surface area contributed by atoms with E-state index >= 15 is 0 Å². The summed E-state index contributed by atoms with van der Waals surface area (Å²) in [6, 6.07) is 10.0. The maximum atomic E-state index is 9.27. The third-order valence-electron chi connectivity index (χ3n) is 1.53. The summed E-state index contributed by atoms with van der Waals surface area (Å²) >= 11 is 1.48. The molecule has 0 bridgehead atoms. The number of aliphatic hydroxyl groups excluding tert-OH is 1. The molecule has 1 nitrogen and oxygen atoms in total. The van der Waals surface area contributed by atoms with Gasteiger partial charge in [-0.05, 0) is 11.8 Å². The van der Waals surface area contributed by atoms with Crippen LogP contribution in [-0.4, -0.2) is 16.8 Å². The van der Waals surface area contributed by atoms with Gasteiger partial charge in [0.05, 0.1) is 0 Å².